The first-order valence-electron chi connectivity index (χ1n) is 9.57. The van der Waals surface area contributed by atoms with Crippen molar-refractivity contribution in [3.05, 3.63) is 53.6 Å². The van der Waals surface area contributed by atoms with Crippen LogP contribution in [0.25, 0.3) is 0 Å². The second kappa shape index (κ2) is 9.10. The predicted molar refractivity (Wildman–Crippen MR) is 104 cm³/mol. The molecule has 0 N–H and O–H groups in total. The van der Waals surface area contributed by atoms with Gasteiger partial charge in [-0.1, -0.05) is 26.0 Å². The summed E-state index contributed by atoms with van der Waals surface area (Å²) in [5, 5.41) is 0. The zero-order chi connectivity index (χ0) is 20.1. The standard InChI is InChI=1S/C21H27FN4O2/c1-15(2)19-14-25(12-17-10-23-21(28-3)24-11-17)9-8-20(27)26(19)13-16-4-6-18(22)7-5-16/h4-7,10-11,15,19H,8-9,12-14H2,1-3H3. The zero-order valence-corrected chi connectivity index (χ0v) is 16.6. The molecule has 1 fully saturated rings. The van der Waals surface area contributed by atoms with Crippen molar-refractivity contribution in [3.63, 3.8) is 0 Å². The summed E-state index contributed by atoms with van der Waals surface area (Å²) < 4.78 is 18.2. The number of hydrogen-bond acceptors (Lipinski definition) is 5. The van der Waals surface area contributed by atoms with Crippen molar-refractivity contribution >= 4 is 5.91 Å². The van der Waals surface area contributed by atoms with Crippen LogP contribution >= 0.6 is 0 Å². The number of carbonyl (C=O) groups excluding carboxylic acids is 1. The molecule has 0 bridgehead atoms. The second-order valence-corrected chi connectivity index (χ2v) is 7.52. The summed E-state index contributed by atoms with van der Waals surface area (Å²) in [6, 6.07) is 6.81. The molecule has 1 unspecified atom stereocenters. The predicted octanol–water partition coefficient (Wildman–Crippen LogP) is 2.88. The smallest absolute Gasteiger partial charge is 0.316 e. The summed E-state index contributed by atoms with van der Waals surface area (Å²) in [5.74, 6) is 0.174. The first kappa shape index (κ1) is 20.2. The SMILES string of the molecule is COc1ncc(CN2CCC(=O)N(Cc3ccc(F)cc3)C(C(C)C)C2)cn1. The summed E-state index contributed by atoms with van der Waals surface area (Å²) in [6.07, 6.45) is 3.99. The Morgan fingerprint density at radius 3 is 2.43 bits per heavy atom. The fourth-order valence-corrected chi connectivity index (χ4v) is 3.53. The second-order valence-electron chi connectivity index (χ2n) is 7.52. The van der Waals surface area contributed by atoms with Crippen molar-refractivity contribution in [1.29, 1.82) is 0 Å². The lowest BCUT2D eigenvalue weighted by Crippen LogP contribution is -2.45. The van der Waals surface area contributed by atoms with Gasteiger partial charge in [0, 0.05) is 56.6 Å². The minimum absolute atomic E-state index is 0.0826. The van der Waals surface area contributed by atoms with E-state index in [-0.39, 0.29) is 17.8 Å². The maximum Gasteiger partial charge on any atom is 0.316 e. The van der Waals surface area contributed by atoms with E-state index in [1.807, 2.05) is 4.90 Å². The van der Waals surface area contributed by atoms with E-state index in [4.69, 9.17) is 4.74 Å². The van der Waals surface area contributed by atoms with E-state index in [2.05, 4.69) is 28.7 Å². The number of carbonyl (C=O) groups is 1. The molecule has 3 rings (SSSR count). The Bertz CT molecular complexity index is 780. The van der Waals surface area contributed by atoms with Gasteiger partial charge in [0.05, 0.1) is 7.11 Å². The fraction of sp³-hybridized carbons (Fsp3) is 0.476. The summed E-state index contributed by atoms with van der Waals surface area (Å²) in [6.45, 7) is 6.92. The molecule has 0 radical (unpaired) electrons. The molecule has 1 saturated heterocycles. The maximum absolute atomic E-state index is 13.2. The number of benzene rings is 1. The van der Waals surface area contributed by atoms with Crippen LogP contribution in [0.15, 0.2) is 36.7 Å². The third kappa shape index (κ3) is 5.04. The first-order chi connectivity index (χ1) is 13.5. The Hall–Kier alpha value is -2.54. The number of halogens is 1. The van der Waals surface area contributed by atoms with Crippen molar-refractivity contribution in [2.45, 2.75) is 39.4 Å². The summed E-state index contributed by atoms with van der Waals surface area (Å²) in [7, 11) is 1.54. The third-order valence-electron chi connectivity index (χ3n) is 5.11. The lowest BCUT2D eigenvalue weighted by Gasteiger charge is -2.35. The normalized spacial score (nSPS) is 18.4. The lowest BCUT2D eigenvalue weighted by molar-refractivity contribution is -0.134. The molecule has 0 saturated carbocycles. The third-order valence-corrected chi connectivity index (χ3v) is 5.11. The van der Waals surface area contributed by atoms with E-state index in [0.29, 0.717) is 38.0 Å². The molecule has 150 valence electrons. The molecule has 0 spiro atoms. The van der Waals surface area contributed by atoms with Crippen LogP contribution in [0, 0.1) is 11.7 Å². The topological polar surface area (TPSA) is 58.6 Å². The van der Waals surface area contributed by atoms with Crippen molar-refractivity contribution in [2.24, 2.45) is 5.92 Å². The van der Waals surface area contributed by atoms with Crippen LogP contribution in [-0.4, -0.2) is 51.9 Å². The van der Waals surface area contributed by atoms with E-state index >= 15 is 0 Å². The van der Waals surface area contributed by atoms with Gasteiger partial charge in [0.25, 0.3) is 0 Å². The van der Waals surface area contributed by atoms with Gasteiger partial charge < -0.3 is 9.64 Å². The molecule has 0 aliphatic carbocycles. The average molecular weight is 386 g/mol. The molecule has 1 aliphatic rings. The highest BCUT2D eigenvalue weighted by molar-refractivity contribution is 5.77. The van der Waals surface area contributed by atoms with Crippen molar-refractivity contribution < 1.29 is 13.9 Å². The van der Waals surface area contributed by atoms with E-state index in [9.17, 15) is 9.18 Å². The van der Waals surface area contributed by atoms with Gasteiger partial charge in [0.1, 0.15) is 5.82 Å². The lowest BCUT2D eigenvalue weighted by atomic mass is 10.0. The van der Waals surface area contributed by atoms with Gasteiger partial charge in [0.15, 0.2) is 0 Å². The Morgan fingerprint density at radius 2 is 1.82 bits per heavy atom. The molecule has 1 aromatic carbocycles. The maximum atomic E-state index is 13.2. The van der Waals surface area contributed by atoms with Crippen LogP contribution in [0.2, 0.25) is 0 Å². The molecule has 28 heavy (non-hydrogen) atoms. The van der Waals surface area contributed by atoms with Crippen molar-refractivity contribution in [1.82, 2.24) is 19.8 Å². The Kier molecular flexibility index (Phi) is 6.57. The number of nitrogens with zero attached hydrogens (tertiary/aromatic N) is 4. The van der Waals surface area contributed by atoms with Crippen molar-refractivity contribution in [3.8, 4) is 6.01 Å². The van der Waals surface area contributed by atoms with E-state index in [1.165, 1.54) is 12.1 Å². The minimum Gasteiger partial charge on any atom is -0.467 e. The Labute approximate surface area is 165 Å². The molecule has 1 aliphatic heterocycles. The van der Waals surface area contributed by atoms with Crippen LogP contribution in [0.1, 0.15) is 31.4 Å². The Balaban J connectivity index is 1.74. The zero-order valence-electron chi connectivity index (χ0n) is 16.6. The molecular formula is C21H27FN4O2. The summed E-state index contributed by atoms with van der Waals surface area (Å²) >= 11 is 0. The molecule has 1 amide bonds. The molecule has 7 heteroatoms. The average Bonchev–Trinajstić information content (AvgIpc) is 2.84. The molecule has 6 nitrogen and oxygen atoms in total. The quantitative estimate of drug-likeness (QED) is 0.764. The molecule has 2 heterocycles. The van der Waals surface area contributed by atoms with Crippen LogP contribution in [0.4, 0.5) is 4.39 Å². The number of methoxy groups -OCH3 is 1. The van der Waals surface area contributed by atoms with Gasteiger partial charge in [-0.2, -0.15) is 0 Å². The van der Waals surface area contributed by atoms with Crippen LogP contribution in [-0.2, 0) is 17.9 Å². The number of rotatable bonds is 6. The van der Waals surface area contributed by atoms with E-state index in [1.54, 1.807) is 31.6 Å². The largest absolute Gasteiger partial charge is 0.467 e. The summed E-state index contributed by atoms with van der Waals surface area (Å²) in [4.78, 5) is 25.4. The number of hydrogen-bond donors (Lipinski definition) is 0. The van der Waals surface area contributed by atoms with Crippen LogP contribution in [0.3, 0.4) is 0 Å². The van der Waals surface area contributed by atoms with Gasteiger partial charge in [-0.05, 0) is 23.6 Å². The molecule has 1 aromatic heterocycles. The van der Waals surface area contributed by atoms with E-state index in [0.717, 1.165) is 17.7 Å². The van der Waals surface area contributed by atoms with Gasteiger partial charge >= 0.3 is 6.01 Å². The number of aromatic nitrogens is 2. The number of ether oxygens (including phenoxy) is 1. The van der Waals surface area contributed by atoms with Crippen LogP contribution in [0.5, 0.6) is 6.01 Å². The van der Waals surface area contributed by atoms with Gasteiger partial charge in [-0.15, -0.1) is 0 Å². The minimum atomic E-state index is -0.265. The highest BCUT2D eigenvalue weighted by atomic mass is 19.1. The highest BCUT2D eigenvalue weighted by Crippen LogP contribution is 2.22. The van der Waals surface area contributed by atoms with E-state index < -0.39 is 0 Å². The highest BCUT2D eigenvalue weighted by Gasteiger charge is 2.31. The monoisotopic (exact) mass is 386 g/mol. The Morgan fingerprint density at radius 1 is 1.14 bits per heavy atom. The molecule has 1 atom stereocenters. The van der Waals surface area contributed by atoms with Gasteiger partial charge in [0.2, 0.25) is 5.91 Å². The van der Waals surface area contributed by atoms with Crippen molar-refractivity contribution in [2.75, 3.05) is 20.2 Å². The summed E-state index contributed by atoms with van der Waals surface area (Å²) in [5.41, 5.74) is 1.93. The van der Waals surface area contributed by atoms with Gasteiger partial charge in [-0.25, -0.2) is 14.4 Å². The fourth-order valence-electron chi connectivity index (χ4n) is 3.53. The molecule has 2 aromatic rings. The molecular weight excluding hydrogens is 359 g/mol. The first-order valence-corrected chi connectivity index (χ1v) is 9.57. The van der Waals surface area contributed by atoms with Gasteiger partial charge in [-0.3, -0.25) is 9.69 Å². The number of amides is 1. The van der Waals surface area contributed by atoms with Crippen LogP contribution < -0.4 is 4.74 Å².